The second-order valence-electron chi connectivity index (χ2n) is 5.09. The number of nitrogens with two attached hydrogens (primary N) is 1. The maximum Gasteiger partial charge on any atom is 0.326 e. The monoisotopic (exact) mass is 287 g/mol. The fourth-order valence-corrected chi connectivity index (χ4v) is 1.50. The number of rotatable bonds is 9. The number of carbonyl (C=O) groups is 3. The van der Waals surface area contributed by atoms with E-state index in [1.54, 1.807) is 13.8 Å². The van der Waals surface area contributed by atoms with Crippen LogP contribution in [0.3, 0.4) is 0 Å². The number of amides is 2. The van der Waals surface area contributed by atoms with E-state index >= 15 is 0 Å². The molecule has 5 N–H and O–H groups in total. The van der Waals surface area contributed by atoms with Crippen LogP contribution < -0.4 is 16.4 Å². The predicted molar refractivity (Wildman–Crippen MR) is 74.9 cm³/mol. The minimum Gasteiger partial charge on any atom is -0.480 e. The van der Waals surface area contributed by atoms with E-state index in [4.69, 9.17) is 10.8 Å². The number of unbranched alkanes of at least 4 members (excludes halogenated alkanes) is 1. The molecule has 0 saturated carbocycles. The summed E-state index contributed by atoms with van der Waals surface area (Å²) in [5.41, 5.74) is 5.62. The molecule has 2 atom stereocenters. The number of carboxylic acids is 1. The van der Waals surface area contributed by atoms with Crippen LogP contribution in [0.5, 0.6) is 0 Å². The van der Waals surface area contributed by atoms with Gasteiger partial charge in [-0.3, -0.25) is 9.59 Å². The number of nitrogens with one attached hydrogen (secondary N) is 2. The zero-order valence-corrected chi connectivity index (χ0v) is 12.3. The molecule has 0 fully saturated rings. The summed E-state index contributed by atoms with van der Waals surface area (Å²) in [6.07, 6.45) is 1.93. The van der Waals surface area contributed by atoms with Gasteiger partial charge in [0.05, 0.1) is 12.6 Å². The minimum atomic E-state index is -1.07. The quantitative estimate of drug-likeness (QED) is 0.469. The Hall–Kier alpha value is -1.63. The molecule has 0 saturated heterocycles. The van der Waals surface area contributed by atoms with Gasteiger partial charge in [-0.2, -0.15) is 0 Å². The van der Waals surface area contributed by atoms with Crippen molar-refractivity contribution in [3.05, 3.63) is 0 Å². The number of aliphatic carboxylic acids is 1. The topological polar surface area (TPSA) is 122 Å². The lowest BCUT2D eigenvalue weighted by molar-refractivity contribution is -0.142. The number of hydrogen-bond acceptors (Lipinski definition) is 4. The average Bonchev–Trinajstić information content (AvgIpc) is 2.39. The molecule has 0 bridgehead atoms. The number of carboxylic acid groups (broad SMARTS) is 1. The fraction of sp³-hybridized carbons (Fsp3) is 0.769. The van der Waals surface area contributed by atoms with Crippen molar-refractivity contribution in [2.24, 2.45) is 11.7 Å². The highest BCUT2D eigenvalue weighted by Gasteiger charge is 2.21. The van der Waals surface area contributed by atoms with Crippen LogP contribution in [0, 0.1) is 5.92 Å². The molecule has 7 nitrogen and oxygen atoms in total. The van der Waals surface area contributed by atoms with E-state index in [1.165, 1.54) is 0 Å². The molecule has 20 heavy (non-hydrogen) atoms. The van der Waals surface area contributed by atoms with Crippen LogP contribution in [0.15, 0.2) is 0 Å². The van der Waals surface area contributed by atoms with E-state index in [0.29, 0.717) is 12.8 Å². The second kappa shape index (κ2) is 9.30. The van der Waals surface area contributed by atoms with Crippen LogP contribution in [0.2, 0.25) is 0 Å². The molecule has 0 unspecified atom stereocenters. The molecule has 0 aliphatic rings. The largest absolute Gasteiger partial charge is 0.480 e. The fourth-order valence-electron chi connectivity index (χ4n) is 1.50. The second-order valence-corrected chi connectivity index (χ2v) is 5.09. The van der Waals surface area contributed by atoms with Gasteiger partial charge in [0.15, 0.2) is 0 Å². The standard InChI is InChI=1S/C13H25N3O4/c1-4-5-6-9(13(19)20)16-10(17)7-15-12(18)11(14)8(2)3/h8-9,11H,4-7,14H2,1-3H3,(H,15,18)(H,16,17)(H,19,20)/t9-,11-/m0/s1. The molecule has 2 amide bonds. The van der Waals surface area contributed by atoms with Gasteiger partial charge in [0.1, 0.15) is 6.04 Å². The first-order valence-electron chi connectivity index (χ1n) is 6.85. The molecule has 0 spiro atoms. The average molecular weight is 287 g/mol. The van der Waals surface area contributed by atoms with Crippen LogP contribution in [0.4, 0.5) is 0 Å². The molecule has 7 heteroatoms. The highest BCUT2D eigenvalue weighted by molar-refractivity contribution is 5.89. The summed E-state index contributed by atoms with van der Waals surface area (Å²) in [5, 5.41) is 13.7. The van der Waals surface area contributed by atoms with Crippen LogP contribution in [0.1, 0.15) is 40.0 Å². The summed E-state index contributed by atoms with van der Waals surface area (Å²) in [6.45, 7) is 5.27. The van der Waals surface area contributed by atoms with E-state index in [0.717, 1.165) is 6.42 Å². The Balaban J connectivity index is 4.20. The summed E-state index contributed by atoms with van der Waals surface area (Å²) in [5.74, 6) is -2.06. The van der Waals surface area contributed by atoms with E-state index in [9.17, 15) is 14.4 Å². The van der Waals surface area contributed by atoms with Gasteiger partial charge in [0.25, 0.3) is 0 Å². The van der Waals surface area contributed by atoms with E-state index in [2.05, 4.69) is 10.6 Å². The zero-order valence-electron chi connectivity index (χ0n) is 12.3. The first-order valence-corrected chi connectivity index (χ1v) is 6.85. The highest BCUT2D eigenvalue weighted by atomic mass is 16.4. The van der Waals surface area contributed by atoms with Crippen molar-refractivity contribution >= 4 is 17.8 Å². The van der Waals surface area contributed by atoms with Crippen molar-refractivity contribution < 1.29 is 19.5 Å². The Bertz CT molecular complexity index is 345. The van der Waals surface area contributed by atoms with Crippen molar-refractivity contribution in [3.8, 4) is 0 Å². The Labute approximate surface area is 119 Å². The maximum absolute atomic E-state index is 11.6. The number of carbonyl (C=O) groups excluding carboxylic acids is 2. The van der Waals surface area contributed by atoms with Gasteiger partial charge >= 0.3 is 5.97 Å². The minimum absolute atomic E-state index is 0.0330. The van der Waals surface area contributed by atoms with Gasteiger partial charge in [-0.25, -0.2) is 4.79 Å². The first-order chi connectivity index (χ1) is 9.29. The zero-order chi connectivity index (χ0) is 15.7. The SMILES string of the molecule is CCCC[C@H](NC(=O)CNC(=O)[C@@H](N)C(C)C)C(=O)O. The molecule has 0 heterocycles. The van der Waals surface area contributed by atoms with Crippen LogP contribution in [-0.4, -0.2) is 41.5 Å². The summed E-state index contributed by atoms with van der Waals surface area (Å²) >= 11 is 0. The Morgan fingerprint density at radius 1 is 1.25 bits per heavy atom. The van der Waals surface area contributed by atoms with Crippen molar-refractivity contribution in [2.45, 2.75) is 52.1 Å². The third kappa shape index (κ3) is 7.08. The molecule has 0 rings (SSSR count). The molecule has 0 aromatic carbocycles. The molecular weight excluding hydrogens is 262 g/mol. The Morgan fingerprint density at radius 3 is 2.30 bits per heavy atom. The van der Waals surface area contributed by atoms with E-state index in [1.807, 2.05) is 6.92 Å². The van der Waals surface area contributed by atoms with Gasteiger partial charge in [-0.1, -0.05) is 33.6 Å². The predicted octanol–water partition coefficient (Wildman–Crippen LogP) is -0.154. The van der Waals surface area contributed by atoms with Gasteiger partial charge in [-0.05, 0) is 12.3 Å². The molecule has 116 valence electrons. The van der Waals surface area contributed by atoms with E-state index in [-0.39, 0.29) is 12.5 Å². The summed E-state index contributed by atoms with van der Waals surface area (Å²) < 4.78 is 0. The first kappa shape index (κ1) is 18.4. The molecule has 0 aromatic rings. The summed E-state index contributed by atoms with van der Waals surface area (Å²) in [6, 6.07) is -1.60. The lowest BCUT2D eigenvalue weighted by atomic mass is 10.1. The summed E-state index contributed by atoms with van der Waals surface area (Å²) in [4.78, 5) is 34.1. The molecular formula is C13H25N3O4. The van der Waals surface area contributed by atoms with Crippen LogP contribution in [0.25, 0.3) is 0 Å². The highest BCUT2D eigenvalue weighted by Crippen LogP contribution is 2.01. The Kier molecular flexibility index (Phi) is 8.54. The van der Waals surface area contributed by atoms with Crippen LogP contribution >= 0.6 is 0 Å². The van der Waals surface area contributed by atoms with Gasteiger partial charge in [0, 0.05) is 0 Å². The van der Waals surface area contributed by atoms with E-state index < -0.39 is 29.9 Å². The molecule has 0 aromatic heterocycles. The molecule has 0 aliphatic carbocycles. The lowest BCUT2D eigenvalue weighted by Crippen LogP contribution is -2.49. The Morgan fingerprint density at radius 2 is 1.85 bits per heavy atom. The smallest absolute Gasteiger partial charge is 0.326 e. The molecule has 0 aliphatic heterocycles. The van der Waals surface area contributed by atoms with Crippen molar-refractivity contribution in [2.75, 3.05) is 6.54 Å². The van der Waals surface area contributed by atoms with Gasteiger partial charge < -0.3 is 21.5 Å². The third-order valence-electron chi connectivity index (χ3n) is 2.92. The van der Waals surface area contributed by atoms with Crippen molar-refractivity contribution in [1.29, 1.82) is 0 Å². The maximum atomic E-state index is 11.6. The summed E-state index contributed by atoms with van der Waals surface area (Å²) in [7, 11) is 0. The third-order valence-corrected chi connectivity index (χ3v) is 2.92. The lowest BCUT2D eigenvalue weighted by Gasteiger charge is -2.17. The normalized spacial score (nSPS) is 13.7. The van der Waals surface area contributed by atoms with Gasteiger partial charge in [-0.15, -0.1) is 0 Å². The number of hydrogen-bond donors (Lipinski definition) is 4. The molecule has 0 radical (unpaired) electrons. The van der Waals surface area contributed by atoms with Crippen LogP contribution in [-0.2, 0) is 14.4 Å². The van der Waals surface area contributed by atoms with Crippen molar-refractivity contribution in [1.82, 2.24) is 10.6 Å². The van der Waals surface area contributed by atoms with Crippen molar-refractivity contribution in [3.63, 3.8) is 0 Å². The van der Waals surface area contributed by atoms with Gasteiger partial charge in [0.2, 0.25) is 11.8 Å².